The highest BCUT2D eigenvalue weighted by Gasteiger charge is 2.24. The zero-order chi connectivity index (χ0) is 24.2. The number of cyclic esters (lactones) is 1. The lowest BCUT2D eigenvalue weighted by atomic mass is 10.1. The maximum atomic E-state index is 12.3. The van der Waals surface area contributed by atoms with Crippen LogP contribution in [0.25, 0.3) is 6.08 Å². The second-order valence-corrected chi connectivity index (χ2v) is 7.90. The van der Waals surface area contributed by atoms with Gasteiger partial charge >= 0.3 is 5.97 Å². The molecule has 8 nitrogen and oxygen atoms in total. The van der Waals surface area contributed by atoms with Crippen LogP contribution in [-0.4, -0.2) is 23.9 Å². The molecule has 4 rings (SSSR count). The molecule has 0 aromatic heterocycles. The Balaban J connectivity index is 1.51. The first kappa shape index (κ1) is 23.3. The van der Waals surface area contributed by atoms with Gasteiger partial charge in [-0.1, -0.05) is 29.3 Å². The van der Waals surface area contributed by atoms with E-state index in [0.29, 0.717) is 32.7 Å². The van der Waals surface area contributed by atoms with Crippen LogP contribution in [0.5, 0.6) is 11.5 Å². The van der Waals surface area contributed by atoms with Crippen molar-refractivity contribution in [3.8, 4) is 11.5 Å². The molecule has 0 atom stereocenters. The monoisotopic (exact) mass is 498 g/mol. The predicted octanol–water partition coefficient (Wildman–Crippen LogP) is 5.83. The van der Waals surface area contributed by atoms with Gasteiger partial charge in [0.1, 0.15) is 6.61 Å². The van der Waals surface area contributed by atoms with Crippen molar-refractivity contribution in [3.05, 3.63) is 103 Å². The fourth-order valence-electron chi connectivity index (χ4n) is 3.09. The number of esters is 1. The summed E-state index contributed by atoms with van der Waals surface area (Å²) in [5.41, 5.74) is 2.05. The number of carbonyl (C=O) groups excluding carboxylic acids is 1. The standard InChI is InChI=1S/C24H16Cl2N2O6/c1-32-22-11-15(4-9-21(22)33-13-14-2-6-17(7-3-14)28(30)31)10-20-24(29)34-23(27-20)16-5-8-18(25)19(26)12-16/h2-12H,13H2,1H3/b20-10-. The number of aliphatic imine (C=N–C) groups is 1. The Hall–Kier alpha value is -3.88. The third-order valence-corrected chi connectivity index (χ3v) is 5.56. The zero-order valence-corrected chi connectivity index (χ0v) is 19.2. The van der Waals surface area contributed by atoms with Crippen LogP contribution in [0.1, 0.15) is 16.7 Å². The minimum Gasteiger partial charge on any atom is -0.493 e. The molecular formula is C24H16Cl2N2O6. The predicted molar refractivity (Wildman–Crippen MR) is 127 cm³/mol. The molecule has 0 amide bonds. The number of benzene rings is 3. The molecule has 1 aliphatic rings. The molecule has 0 spiro atoms. The van der Waals surface area contributed by atoms with Gasteiger partial charge in [-0.25, -0.2) is 9.79 Å². The largest absolute Gasteiger partial charge is 0.493 e. The highest BCUT2D eigenvalue weighted by atomic mass is 35.5. The van der Waals surface area contributed by atoms with Crippen molar-refractivity contribution in [1.29, 1.82) is 0 Å². The summed E-state index contributed by atoms with van der Waals surface area (Å²) in [5, 5.41) is 11.5. The van der Waals surface area contributed by atoms with E-state index in [1.165, 1.54) is 19.2 Å². The van der Waals surface area contributed by atoms with Gasteiger partial charge in [0.15, 0.2) is 17.2 Å². The average Bonchev–Trinajstić information content (AvgIpc) is 3.20. The Morgan fingerprint density at radius 2 is 1.79 bits per heavy atom. The van der Waals surface area contributed by atoms with Gasteiger partial charge in [0.05, 0.1) is 22.1 Å². The summed E-state index contributed by atoms with van der Waals surface area (Å²) in [5.74, 6) is 0.441. The van der Waals surface area contributed by atoms with Gasteiger partial charge in [-0.3, -0.25) is 10.1 Å². The van der Waals surface area contributed by atoms with Gasteiger partial charge in [-0.15, -0.1) is 0 Å². The molecule has 0 unspecified atom stereocenters. The van der Waals surface area contributed by atoms with Crippen LogP contribution >= 0.6 is 23.2 Å². The molecule has 0 radical (unpaired) electrons. The topological polar surface area (TPSA) is 100 Å². The quantitative estimate of drug-likeness (QED) is 0.175. The van der Waals surface area contributed by atoms with E-state index in [4.69, 9.17) is 37.4 Å². The van der Waals surface area contributed by atoms with E-state index >= 15 is 0 Å². The Labute approximate surface area is 204 Å². The summed E-state index contributed by atoms with van der Waals surface area (Å²) in [6.07, 6.45) is 1.56. The van der Waals surface area contributed by atoms with Crippen LogP contribution in [0, 0.1) is 10.1 Å². The first-order valence-electron chi connectivity index (χ1n) is 9.86. The molecule has 3 aromatic carbocycles. The van der Waals surface area contributed by atoms with Crippen molar-refractivity contribution in [1.82, 2.24) is 0 Å². The lowest BCUT2D eigenvalue weighted by molar-refractivity contribution is -0.384. The minimum atomic E-state index is -0.599. The number of nitrogens with zero attached hydrogens (tertiary/aromatic N) is 2. The molecule has 0 saturated carbocycles. The summed E-state index contributed by atoms with van der Waals surface area (Å²) >= 11 is 12.0. The van der Waals surface area contributed by atoms with E-state index in [9.17, 15) is 14.9 Å². The Morgan fingerprint density at radius 1 is 1.03 bits per heavy atom. The summed E-state index contributed by atoms with van der Waals surface area (Å²) in [6.45, 7) is 0.193. The van der Waals surface area contributed by atoms with Crippen molar-refractivity contribution >= 4 is 46.8 Å². The molecular weight excluding hydrogens is 483 g/mol. The average molecular weight is 499 g/mol. The Bertz CT molecular complexity index is 1340. The minimum absolute atomic E-state index is 0.00846. The van der Waals surface area contributed by atoms with Crippen LogP contribution in [-0.2, 0) is 16.1 Å². The van der Waals surface area contributed by atoms with Crippen molar-refractivity contribution in [2.24, 2.45) is 4.99 Å². The van der Waals surface area contributed by atoms with Crippen molar-refractivity contribution < 1.29 is 23.9 Å². The van der Waals surface area contributed by atoms with Crippen molar-refractivity contribution in [2.45, 2.75) is 6.61 Å². The van der Waals surface area contributed by atoms with Gasteiger partial charge < -0.3 is 14.2 Å². The van der Waals surface area contributed by atoms with Crippen LogP contribution in [0.3, 0.4) is 0 Å². The lowest BCUT2D eigenvalue weighted by Crippen LogP contribution is -2.05. The van der Waals surface area contributed by atoms with Crippen LogP contribution in [0.15, 0.2) is 71.4 Å². The molecule has 1 aliphatic heterocycles. The number of nitro benzene ring substituents is 1. The second kappa shape index (κ2) is 9.94. The Morgan fingerprint density at radius 3 is 2.47 bits per heavy atom. The molecule has 0 saturated heterocycles. The summed E-state index contributed by atoms with van der Waals surface area (Å²) in [4.78, 5) is 26.9. The van der Waals surface area contributed by atoms with E-state index < -0.39 is 10.9 Å². The van der Waals surface area contributed by atoms with Gasteiger partial charge in [0.25, 0.3) is 5.69 Å². The molecule has 0 aliphatic carbocycles. The van der Waals surface area contributed by atoms with Crippen molar-refractivity contribution in [3.63, 3.8) is 0 Å². The highest BCUT2D eigenvalue weighted by molar-refractivity contribution is 6.42. The van der Waals surface area contributed by atoms with Crippen LogP contribution in [0.2, 0.25) is 10.0 Å². The fraction of sp³-hybridized carbons (Fsp3) is 0.0833. The molecule has 34 heavy (non-hydrogen) atoms. The Kier molecular flexibility index (Phi) is 6.81. The van der Waals surface area contributed by atoms with Gasteiger partial charge in [-0.2, -0.15) is 0 Å². The molecule has 10 heteroatoms. The third-order valence-electron chi connectivity index (χ3n) is 4.82. The first-order valence-corrected chi connectivity index (χ1v) is 10.6. The molecule has 3 aromatic rings. The number of hydrogen-bond donors (Lipinski definition) is 0. The lowest BCUT2D eigenvalue weighted by Gasteiger charge is -2.11. The van der Waals surface area contributed by atoms with E-state index in [1.54, 1.807) is 54.6 Å². The van der Waals surface area contributed by atoms with Gasteiger partial charge in [-0.05, 0) is 59.7 Å². The van der Waals surface area contributed by atoms with Gasteiger partial charge in [0.2, 0.25) is 5.90 Å². The maximum Gasteiger partial charge on any atom is 0.363 e. The summed E-state index contributed by atoms with van der Waals surface area (Å²) in [6, 6.07) is 16.0. The second-order valence-electron chi connectivity index (χ2n) is 7.09. The number of rotatable bonds is 7. The summed E-state index contributed by atoms with van der Waals surface area (Å²) in [7, 11) is 1.50. The third kappa shape index (κ3) is 5.19. The summed E-state index contributed by atoms with van der Waals surface area (Å²) < 4.78 is 16.5. The van der Waals surface area contributed by atoms with E-state index in [1.807, 2.05) is 0 Å². The molecule has 0 bridgehead atoms. The molecule has 1 heterocycles. The van der Waals surface area contributed by atoms with E-state index in [-0.39, 0.29) is 23.9 Å². The number of hydrogen-bond acceptors (Lipinski definition) is 7. The fourth-order valence-corrected chi connectivity index (χ4v) is 3.39. The number of nitro groups is 1. The SMILES string of the molecule is COc1cc(/C=C2\N=C(c3ccc(Cl)c(Cl)c3)OC2=O)ccc1OCc1ccc([N+](=O)[O-])cc1. The smallest absolute Gasteiger partial charge is 0.363 e. The molecule has 172 valence electrons. The maximum absolute atomic E-state index is 12.3. The number of non-ortho nitro benzene ring substituents is 1. The number of ether oxygens (including phenoxy) is 3. The van der Waals surface area contributed by atoms with Gasteiger partial charge in [0, 0.05) is 17.7 Å². The normalized spacial score (nSPS) is 14.0. The van der Waals surface area contributed by atoms with Crippen molar-refractivity contribution in [2.75, 3.05) is 7.11 Å². The van der Waals surface area contributed by atoms with Crippen LogP contribution in [0.4, 0.5) is 5.69 Å². The van der Waals surface area contributed by atoms with Crippen LogP contribution < -0.4 is 9.47 Å². The number of carbonyl (C=O) groups is 1. The number of halogens is 2. The highest BCUT2D eigenvalue weighted by Crippen LogP contribution is 2.31. The zero-order valence-electron chi connectivity index (χ0n) is 17.7. The molecule has 0 N–H and O–H groups in total. The van der Waals surface area contributed by atoms with E-state index in [0.717, 1.165) is 5.56 Å². The molecule has 0 fully saturated rings. The van der Waals surface area contributed by atoms with E-state index in [2.05, 4.69) is 4.99 Å². The first-order chi connectivity index (χ1) is 16.3. The number of methoxy groups -OCH3 is 1.